The Morgan fingerprint density at radius 1 is 1.36 bits per heavy atom. The molecule has 0 aromatic carbocycles. The van der Waals surface area contributed by atoms with Crippen LogP contribution in [0.1, 0.15) is 26.7 Å². The summed E-state index contributed by atoms with van der Waals surface area (Å²) in [7, 11) is 0. The number of carbonyl (C=O) groups is 2. The summed E-state index contributed by atoms with van der Waals surface area (Å²) in [5.74, 6) is 0.144. The highest BCUT2D eigenvalue weighted by Crippen LogP contribution is 2.43. The molecular formula is C12H14O2. The predicted octanol–water partition coefficient (Wildman–Crippen LogP) is 2.06. The van der Waals surface area contributed by atoms with Crippen LogP contribution in [0.2, 0.25) is 0 Å². The molecule has 0 fully saturated rings. The van der Waals surface area contributed by atoms with Crippen LogP contribution in [0, 0.1) is 11.3 Å². The van der Waals surface area contributed by atoms with Crippen molar-refractivity contribution < 1.29 is 9.59 Å². The molecular weight excluding hydrogens is 176 g/mol. The first kappa shape index (κ1) is 9.38. The summed E-state index contributed by atoms with van der Waals surface area (Å²) >= 11 is 0. The predicted molar refractivity (Wildman–Crippen MR) is 53.7 cm³/mol. The zero-order valence-electron chi connectivity index (χ0n) is 8.54. The van der Waals surface area contributed by atoms with E-state index in [2.05, 4.69) is 0 Å². The highest BCUT2D eigenvalue weighted by Gasteiger charge is 2.46. The Hall–Kier alpha value is -1.18. The van der Waals surface area contributed by atoms with Gasteiger partial charge in [-0.05, 0) is 31.4 Å². The van der Waals surface area contributed by atoms with Crippen LogP contribution in [-0.2, 0) is 9.59 Å². The van der Waals surface area contributed by atoms with Crippen LogP contribution < -0.4 is 0 Å². The lowest BCUT2D eigenvalue weighted by Crippen LogP contribution is -2.44. The van der Waals surface area contributed by atoms with Gasteiger partial charge in [0.25, 0.3) is 0 Å². The molecule has 0 radical (unpaired) electrons. The smallest absolute Gasteiger partial charge is 0.163 e. The first-order valence-electron chi connectivity index (χ1n) is 4.97. The average Bonchev–Trinajstić information content (AvgIpc) is 2.15. The van der Waals surface area contributed by atoms with E-state index in [1.165, 1.54) is 6.08 Å². The van der Waals surface area contributed by atoms with Crippen LogP contribution >= 0.6 is 0 Å². The second kappa shape index (κ2) is 2.91. The van der Waals surface area contributed by atoms with Crippen molar-refractivity contribution in [2.75, 3.05) is 0 Å². The molecule has 2 aliphatic carbocycles. The third-order valence-electron chi connectivity index (χ3n) is 3.47. The summed E-state index contributed by atoms with van der Waals surface area (Å²) in [6.07, 6.45) is 6.95. The quantitative estimate of drug-likeness (QED) is 0.548. The second-order valence-electron chi connectivity index (χ2n) is 4.44. The lowest BCUT2D eigenvalue weighted by molar-refractivity contribution is -0.136. The number of Topliss-reactive ketones (excluding diaryl/α,β-unsaturated/α-hetero) is 1. The van der Waals surface area contributed by atoms with Gasteiger partial charge in [0, 0.05) is 11.3 Å². The van der Waals surface area contributed by atoms with Gasteiger partial charge in [0.05, 0.1) is 0 Å². The first-order chi connectivity index (χ1) is 6.55. The van der Waals surface area contributed by atoms with Gasteiger partial charge in [-0.1, -0.05) is 19.1 Å². The molecule has 2 unspecified atom stereocenters. The Morgan fingerprint density at radius 3 is 2.79 bits per heavy atom. The van der Waals surface area contributed by atoms with Crippen LogP contribution in [0.5, 0.6) is 0 Å². The normalized spacial score (nSPS) is 36.7. The van der Waals surface area contributed by atoms with Gasteiger partial charge in [-0.15, -0.1) is 0 Å². The molecule has 0 heterocycles. The van der Waals surface area contributed by atoms with Crippen molar-refractivity contribution in [3.8, 4) is 0 Å². The van der Waals surface area contributed by atoms with E-state index in [9.17, 15) is 9.59 Å². The van der Waals surface area contributed by atoms with Crippen molar-refractivity contribution in [3.05, 3.63) is 23.8 Å². The van der Waals surface area contributed by atoms with E-state index < -0.39 is 5.41 Å². The summed E-state index contributed by atoms with van der Waals surface area (Å²) in [5, 5.41) is 0. The maximum atomic E-state index is 11.9. The number of ketones is 2. The van der Waals surface area contributed by atoms with Crippen molar-refractivity contribution in [3.63, 3.8) is 0 Å². The molecule has 0 N–H and O–H groups in total. The Bertz CT molecular complexity index is 363. The molecule has 74 valence electrons. The van der Waals surface area contributed by atoms with E-state index in [1.807, 2.05) is 19.1 Å². The van der Waals surface area contributed by atoms with Crippen molar-refractivity contribution in [1.29, 1.82) is 0 Å². The van der Waals surface area contributed by atoms with E-state index in [4.69, 9.17) is 0 Å². The molecule has 0 aromatic heterocycles. The summed E-state index contributed by atoms with van der Waals surface area (Å²) in [6.45, 7) is 3.64. The monoisotopic (exact) mass is 190 g/mol. The van der Waals surface area contributed by atoms with Crippen LogP contribution in [0.3, 0.4) is 0 Å². The molecule has 0 aliphatic heterocycles. The van der Waals surface area contributed by atoms with Crippen LogP contribution in [0.25, 0.3) is 0 Å². The van der Waals surface area contributed by atoms with E-state index in [0.717, 1.165) is 0 Å². The van der Waals surface area contributed by atoms with Gasteiger partial charge in [-0.25, -0.2) is 0 Å². The topological polar surface area (TPSA) is 34.1 Å². The number of hydrogen-bond acceptors (Lipinski definition) is 2. The Kier molecular flexibility index (Phi) is 1.95. The Morgan fingerprint density at radius 2 is 2.07 bits per heavy atom. The molecule has 0 aromatic rings. The molecule has 2 aliphatic rings. The SMILES string of the molecule is CC1=CC(=O)C2(C)CC=CCC2C1=O. The fourth-order valence-corrected chi connectivity index (χ4v) is 2.34. The highest BCUT2D eigenvalue weighted by atomic mass is 16.1. The maximum absolute atomic E-state index is 11.9. The van der Waals surface area contributed by atoms with Crippen molar-refractivity contribution in [2.45, 2.75) is 26.7 Å². The molecule has 0 bridgehead atoms. The third-order valence-corrected chi connectivity index (χ3v) is 3.47. The number of fused-ring (bicyclic) bond motifs is 1. The second-order valence-corrected chi connectivity index (χ2v) is 4.44. The van der Waals surface area contributed by atoms with Gasteiger partial charge in [0.2, 0.25) is 0 Å². The van der Waals surface area contributed by atoms with Crippen LogP contribution in [0.4, 0.5) is 0 Å². The Balaban J connectivity index is 2.49. The lowest BCUT2D eigenvalue weighted by atomic mass is 9.62. The molecule has 0 saturated carbocycles. The molecule has 2 nitrogen and oxygen atoms in total. The van der Waals surface area contributed by atoms with Gasteiger partial charge >= 0.3 is 0 Å². The minimum atomic E-state index is -0.467. The van der Waals surface area contributed by atoms with Crippen LogP contribution in [0.15, 0.2) is 23.8 Å². The molecule has 2 heteroatoms. The van der Waals surface area contributed by atoms with Gasteiger partial charge in [0.1, 0.15) is 0 Å². The average molecular weight is 190 g/mol. The minimum absolute atomic E-state index is 0.115. The van der Waals surface area contributed by atoms with Gasteiger partial charge in [0.15, 0.2) is 11.6 Å². The fraction of sp³-hybridized carbons (Fsp3) is 0.500. The number of carbonyl (C=O) groups excluding carboxylic acids is 2. The van der Waals surface area contributed by atoms with Gasteiger partial charge in [-0.2, -0.15) is 0 Å². The summed E-state index contributed by atoms with van der Waals surface area (Å²) in [4.78, 5) is 23.7. The summed E-state index contributed by atoms with van der Waals surface area (Å²) in [5.41, 5.74) is 0.151. The number of allylic oxidation sites excluding steroid dienone is 4. The molecule has 0 spiro atoms. The minimum Gasteiger partial charge on any atom is -0.294 e. The summed E-state index contributed by atoms with van der Waals surface area (Å²) < 4.78 is 0. The Labute approximate surface area is 83.7 Å². The molecule has 2 rings (SSSR count). The van der Waals surface area contributed by atoms with Crippen molar-refractivity contribution in [2.24, 2.45) is 11.3 Å². The van der Waals surface area contributed by atoms with Crippen LogP contribution in [-0.4, -0.2) is 11.6 Å². The standard InChI is InChI=1S/C12H14O2/c1-8-7-10(13)12(2)6-4-3-5-9(12)11(8)14/h3-4,7,9H,5-6H2,1-2H3. The zero-order chi connectivity index (χ0) is 10.3. The maximum Gasteiger partial charge on any atom is 0.163 e. The lowest BCUT2D eigenvalue weighted by Gasteiger charge is -2.38. The zero-order valence-corrected chi connectivity index (χ0v) is 8.54. The first-order valence-corrected chi connectivity index (χ1v) is 4.97. The van der Waals surface area contributed by atoms with E-state index in [1.54, 1.807) is 6.92 Å². The molecule has 0 saturated heterocycles. The fourth-order valence-electron chi connectivity index (χ4n) is 2.34. The highest BCUT2D eigenvalue weighted by molar-refractivity contribution is 6.12. The van der Waals surface area contributed by atoms with Gasteiger partial charge in [-0.3, -0.25) is 9.59 Å². The molecule has 2 atom stereocenters. The van der Waals surface area contributed by atoms with Crippen molar-refractivity contribution >= 4 is 11.6 Å². The van der Waals surface area contributed by atoms with E-state index >= 15 is 0 Å². The number of rotatable bonds is 0. The van der Waals surface area contributed by atoms with E-state index in [0.29, 0.717) is 18.4 Å². The van der Waals surface area contributed by atoms with Crippen molar-refractivity contribution in [1.82, 2.24) is 0 Å². The number of hydrogen-bond donors (Lipinski definition) is 0. The third kappa shape index (κ3) is 1.10. The summed E-state index contributed by atoms with van der Waals surface area (Å²) in [6, 6.07) is 0. The molecule has 0 amide bonds. The molecule has 14 heavy (non-hydrogen) atoms. The largest absolute Gasteiger partial charge is 0.294 e. The van der Waals surface area contributed by atoms with Gasteiger partial charge < -0.3 is 0 Å². The van der Waals surface area contributed by atoms with E-state index in [-0.39, 0.29) is 17.5 Å².